The van der Waals surface area contributed by atoms with Gasteiger partial charge in [-0.15, -0.1) is 0 Å². The molecule has 0 bridgehead atoms. The second kappa shape index (κ2) is 12.5. The van der Waals surface area contributed by atoms with Crippen LogP contribution >= 0.6 is 0 Å². The van der Waals surface area contributed by atoms with E-state index in [1.54, 1.807) is 7.11 Å². The first-order valence-corrected chi connectivity index (χ1v) is 10.5. The van der Waals surface area contributed by atoms with Crippen molar-refractivity contribution in [2.24, 2.45) is 16.8 Å². The average Bonchev–Trinajstić information content (AvgIpc) is 3.16. The Hall–Kier alpha value is -0.810. The zero-order valence-corrected chi connectivity index (χ0v) is 16.6. The van der Waals surface area contributed by atoms with Gasteiger partial charge in [-0.2, -0.15) is 0 Å². The summed E-state index contributed by atoms with van der Waals surface area (Å²) >= 11 is 0. The summed E-state index contributed by atoms with van der Waals surface area (Å²) in [6.07, 6.45) is 12.5. The van der Waals surface area contributed by atoms with Crippen LogP contribution in [-0.2, 0) is 4.74 Å². The van der Waals surface area contributed by atoms with Gasteiger partial charge in [0.15, 0.2) is 5.96 Å². The normalized spacial score (nSPS) is 21.0. The number of aliphatic imine (C=N–C) groups is 1. The highest BCUT2D eigenvalue weighted by atomic mass is 16.5. The molecule has 0 atom stereocenters. The maximum Gasteiger partial charge on any atom is 0.190 e. The highest BCUT2D eigenvalue weighted by Crippen LogP contribution is 2.28. The van der Waals surface area contributed by atoms with Gasteiger partial charge in [-0.1, -0.05) is 38.5 Å². The predicted molar refractivity (Wildman–Crippen MR) is 106 cm³/mol. The van der Waals surface area contributed by atoms with E-state index in [-0.39, 0.29) is 0 Å². The zero-order chi connectivity index (χ0) is 17.7. The van der Waals surface area contributed by atoms with Crippen molar-refractivity contribution in [1.82, 2.24) is 15.5 Å². The van der Waals surface area contributed by atoms with Crippen LogP contribution in [0.25, 0.3) is 0 Å². The van der Waals surface area contributed by atoms with E-state index in [9.17, 15) is 0 Å². The van der Waals surface area contributed by atoms with E-state index in [0.717, 1.165) is 44.0 Å². The molecule has 0 radical (unpaired) electrons. The molecule has 1 heterocycles. The number of methoxy groups -OCH3 is 1. The first kappa shape index (κ1) is 20.5. The third-order valence-electron chi connectivity index (χ3n) is 5.91. The lowest BCUT2D eigenvalue weighted by atomic mass is 9.97. The third-order valence-corrected chi connectivity index (χ3v) is 5.91. The van der Waals surface area contributed by atoms with Gasteiger partial charge in [-0.25, -0.2) is 0 Å². The number of nitrogens with one attached hydrogen (secondary N) is 2. The van der Waals surface area contributed by atoms with Crippen LogP contribution in [0.15, 0.2) is 4.99 Å². The smallest absolute Gasteiger partial charge is 0.190 e. The number of likely N-dealkylation sites (tertiary alicyclic amines) is 1. The van der Waals surface area contributed by atoms with Crippen molar-refractivity contribution in [3.63, 3.8) is 0 Å². The highest BCUT2D eigenvalue weighted by Gasteiger charge is 2.19. The van der Waals surface area contributed by atoms with Gasteiger partial charge in [0.2, 0.25) is 0 Å². The van der Waals surface area contributed by atoms with Crippen LogP contribution in [0.3, 0.4) is 0 Å². The molecule has 5 nitrogen and oxygen atoms in total. The summed E-state index contributed by atoms with van der Waals surface area (Å²) in [5.41, 5.74) is 0. The maximum atomic E-state index is 5.17. The molecule has 5 heteroatoms. The molecule has 146 valence electrons. The zero-order valence-electron chi connectivity index (χ0n) is 16.6. The van der Waals surface area contributed by atoms with Gasteiger partial charge >= 0.3 is 0 Å². The number of unbranched alkanes of at least 4 members (excludes halogenated alkanes) is 1. The number of piperidine rings is 1. The number of guanidine groups is 1. The van der Waals surface area contributed by atoms with Gasteiger partial charge in [0, 0.05) is 33.8 Å². The largest absolute Gasteiger partial charge is 0.383 e. The van der Waals surface area contributed by atoms with Crippen molar-refractivity contribution in [2.75, 3.05) is 53.5 Å². The highest BCUT2D eigenvalue weighted by molar-refractivity contribution is 5.79. The van der Waals surface area contributed by atoms with E-state index in [4.69, 9.17) is 4.74 Å². The number of hydrogen-bond donors (Lipinski definition) is 2. The lowest BCUT2D eigenvalue weighted by Gasteiger charge is -2.32. The lowest BCUT2D eigenvalue weighted by Crippen LogP contribution is -2.43. The molecule has 0 spiro atoms. The molecule has 2 aliphatic rings. The molecule has 0 aromatic carbocycles. The van der Waals surface area contributed by atoms with Crippen LogP contribution in [0.4, 0.5) is 0 Å². The van der Waals surface area contributed by atoms with E-state index in [1.807, 2.05) is 7.05 Å². The first-order valence-electron chi connectivity index (χ1n) is 10.5. The van der Waals surface area contributed by atoms with Gasteiger partial charge in [-0.05, 0) is 44.2 Å². The molecule has 2 fully saturated rings. The number of rotatable bonds is 10. The molecule has 1 saturated heterocycles. The Bertz CT molecular complexity index is 361. The fourth-order valence-electron chi connectivity index (χ4n) is 4.16. The number of ether oxygens (including phenoxy) is 1. The molecule has 0 aromatic rings. The molecular formula is C20H40N4O. The van der Waals surface area contributed by atoms with E-state index in [0.29, 0.717) is 0 Å². The van der Waals surface area contributed by atoms with Gasteiger partial charge < -0.3 is 20.3 Å². The van der Waals surface area contributed by atoms with E-state index in [1.165, 1.54) is 70.9 Å². The number of nitrogens with zero attached hydrogens (tertiary/aromatic N) is 2. The molecule has 1 aliphatic heterocycles. The molecule has 0 aromatic heterocycles. The van der Waals surface area contributed by atoms with Gasteiger partial charge in [0.1, 0.15) is 0 Å². The van der Waals surface area contributed by atoms with Crippen molar-refractivity contribution in [3.8, 4) is 0 Å². The molecule has 0 amide bonds. The fourth-order valence-corrected chi connectivity index (χ4v) is 4.16. The summed E-state index contributed by atoms with van der Waals surface area (Å²) in [5, 5.41) is 7.01. The molecular weight excluding hydrogens is 312 g/mol. The quantitative estimate of drug-likeness (QED) is 0.361. The Morgan fingerprint density at radius 3 is 2.48 bits per heavy atom. The molecule has 25 heavy (non-hydrogen) atoms. The topological polar surface area (TPSA) is 48.9 Å². The Kier molecular flexibility index (Phi) is 10.3. The van der Waals surface area contributed by atoms with Crippen LogP contribution in [0.2, 0.25) is 0 Å². The summed E-state index contributed by atoms with van der Waals surface area (Å²) in [7, 11) is 3.66. The SMILES string of the molecule is CN=C(NCCCCC1CCCC1)NCC1CCN(CCOC)CC1. The number of hydrogen-bond acceptors (Lipinski definition) is 3. The first-order chi connectivity index (χ1) is 12.3. The maximum absolute atomic E-state index is 5.17. The summed E-state index contributed by atoms with van der Waals surface area (Å²) in [6.45, 7) is 6.40. The Balaban J connectivity index is 1.49. The summed E-state index contributed by atoms with van der Waals surface area (Å²) in [6, 6.07) is 0. The van der Waals surface area contributed by atoms with Crippen LogP contribution in [-0.4, -0.2) is 64.3 Å². The van der Waals surface area contributed by atoms with Crippen LogP contribution in [0, 0.1) is 11.8 Å². The van der Waals surface area contributed by atoms with Gasteiger partial charge in [0.05, 0.1) is 6.61 Å². The van der Waals surface area contributed by atoms with Gasteiger partial charge in [-0.3, -0.25) is 4.99 Å². The van der Waals surface area contributed by atoms with E-state index >= 15 is 0 Å². The monoisotopic (exact) mass is 352 g/mol. The second-order valence-corrected chi connectivity index (χ2v) is 7.80. The van der Waals surface area contributed by atoms with E-state index in [2.05, 4.69) is 20.5 Å². The molecule has 2 rings (SSSR count). The fraction of sp³-hybridized carbons (Fsp3) is 0.950. The third kappa shape index (κ3) is 8.41. The summed E-state index contributed by atoms with van der Waals surface area (Å²) in [4.78, 5) is 6.88. The van der Waals surface area contributed by atoms with Crippen molar-refractivity contribution in [3.05, 3.63) is 0 Å². The van der Waals surface area contributed by atoms with Crippen molar-refractivity contribution < 1.29 is 4.74 Å². The second-order valence-electron chi connectivity index (χ2n) is 7.80. The molecule has 2 N–H and O–H groups in total. The summed E-state index contributed by atoms with van der Waals surface area (Å²) in [5.74, 6) is 2.76. The van der Waals surface area contributed by atoms with Crippen LogP contribution in [0.1, 0.15) is 57.8 Å². The Morgan fingerprint density at radius 1 is 1.04 bits per heavy atom. The Labute approximate surface area is 155 Å². The lowest BCUT2D eigenvalue weighted by molar-refractivity contribution is 0.121. The summed E-state index contributed by atoms with van der Waals surface area (Å²) < 4.78 is 5.17. The van der Waals surface area contributed by atoms with Crippen molar-refractivity contribution in [2.45, 2.75) is 57.8 Å². The predicted octanol–water partition coefficient (Wildman–Crippen LogP) is 2.87. The van der Waals surface area contributed by atoms with Crippen LogP contribution < -0.4 is 10.6 Å². The molecule has 1 saturated carbocycles. The van der Waals surface area contributed by atoms with Crippen LogP contribution in [0.5, 0.6) is 0 Å². The molecule has 1 aliphatic carbocycles. The van der Waals surface area contributed by atoms with E-state index < -0.39 is 0 Å². The minimum atomic E-state index is 0.764. The minimum absolute atomic E-state index is 0.764. The Morgan fingerprint density at radius 2 is 1.80 bits per heavy atom. The average molecular weight is 353 g/mol. The standard InChI is InChI=1S/C20H40N4O/c1-21-20(22-12-6-5-9-18-7-3-4-8-18)23-17-19-10-13-24(14-11-19)15-16-25-2/h18-19H,3-17H2,1-2H3,(H2,21,22,23). The van der Waals surface area contributed by atoms with Crippen molar-refractivity contribution in [1.29, 1.82) is 0 Å². The van der Waals surface area contributed by atoms with Crippen molar-refractivity contribution >= 4 is 5.96 Å². The van der Waals surface area contributed by atoms with Gasteiger partial charge in [0.25, 0.3) is 0 Å². The minimum Gasteiger partial charge on any atom is -0.383 e. The molecule has 0 unspecified atom stereocenters.